The molecule has 1 aromatic heterocycles. The molecule has 21 heavy (non-hydrogen) atoms. The second kappa shape index (κ2) is 6.22. The zero-order chi connectivity index (χ0) is 15.6. The predicted molar refractivity (Wildman–Crippen MR) is 88.9 cm³/mol. The fourth-order valence-electron chi connectivity index (χ4n) is 2.77. The van der Waals surface area contributed by atoms with Crippen molar-refractivity contribution in [2.45, 2.75) is 65.0 Å². The van der Waals surface area contributed by atoms with E-state index in [4.69, 9.17) is 5.73 Å². The molecule has 0 bridgehead atoms. The van der Waals surface area contributed by atoms with Gasteiger partial charge in [0.15, 0.2) is 5.13 Å². The van der Waals surface area contributed by atoms with Crippen LogP contribution in [0.25, 0.3) is 0 Å². The number of hydrogen-bond acceptors (Lipinski definition) is 5. The molecule has 1 saturated carbocycles. The molecule has 5 nitrogen and oxygen atoms in total. The molecule has 1 aromatic rings. The Morgan fingerprint density at radius 1 is 1.43 bits per heavy atom. The second-order valence-electron chi connectivity index (χ2n) is 6.64. The summed E-state index contributed by atoms with van der Waals surface area (Å²) in [7, 11) is 0. The Hall–Kier alpha value is -1.30. The van der Waals surface area contributed by atoms with Crippen LogP contribution >= 0.6 is 11.3 Å². The van der Waals surface area contributed by atoms with Crippen molar-refractivity contribution in [2.24, 2.45) is 0 Å². The lowest BCUT2D eigenvalue weighted by Gasteiger charge is -2.27. The number of hydrogen-bond donors (Lipinski definition) is 2. The van der Waals surface area contributed by atoms with Gasteiger partial charge in [0.25, 0.3) is 5.91 Å². The van der Waals surface area contributed by atoms with Gasteiger partial charge in [0.1, 0.15) is 10.7 Å². The van der Waals surface area contributed by atoms with Crippen molar-refractivity contribution in [3.05, 3.63) is 4.88 Å². The monoisotopic (exact) mass is 310 g/mol. The highest BCUT2D eigenvalue weighted by Crippen LogP contribution is 2.31. The summed E-state index contributed by atoms with van der Waals surface area (Å²) < 4.78 is 0. The molecule has 0 radical (unpaired) electrons. The average molecular weight is 310 g/mol. The molecule has 1 aliphatic carbocycles. The maximum absolute atomic E-state index is 12.8. The van der Waals surface area contributed by atoms with E-state index in [1.165, 1.54) is 24.2 Å². The van der Waals surface area contributed by atoms with Gasteiger partial charge in [0, 0.05) is 18.1 Å². The lowest BCUT2D eigenvalue weighted by Crippen LogP contribution is -2.38. The minimum atomic E-state index is -0.0967. The molecule has 1 amide bonds. The quantitative estimate of drug-likeness (QED) is 0.894. The van der Waals surface area contributed by atoms with Crippen LogP contribution in [0.15, 0.2) is 0 Å². The zero-order valence-corrected chi connectivity index (χ0v) is 14.2. The third kappa shape index (κ3) is 3.87. The SMILES string of the molecule is CCN(C(=O)c1sc(NC(C)(C)C)nc1N)C1CCCC1. The molecule has 0 unspecified atom stereocenters. The molecule has 6 heteroatoms. The van der Waals surface area contributed by atoms with Gasteiger partial charge in [-0.15, -0.1) is 0 Å². The van der Waals surface area contributed by atoms with Crippen molar-refractivity contribution in [1.29, 1.82) is 0 Å². The normalized spacial score (nSPS) is 16.2. The van der Waals surface area contributed by atoms with Crippen molar-refractivity contribution in [2.75, 3.05) is 17.6 Å². The van der Waals surface area contributed by atoms with Crippen LogP contribution in [0.5, 0.6) is 0 Å². The van der Waals surface area contributed by atoms with E-state index in [1.807, 2.05) is 11.8 Å². The zero-order valence-electron chi connectivity index (χ0n) is 13.4. The summed E-state index contributed by atoms with van der Waals surface area (Å²) in [6.45, 7) is 8.93. The molecule has 1 heterocycles. The molecule has 3 N–H and O–H groups in total. The highest BCUT2D eigenvalue weighted by Gasteiger charge is 2.29. The first kappa shape index (κ1) is 16.1. The molecular formula is C15H26N4OS. The third-order valence-corrected chi connectivity index (χ3v) is 4.67. The molecule has 0 saturated heterocycles. The number of carbonyl (C=O) groups is 1. The van der Waals surface area contributed by atoms with Gasteiger partial charge in [-0.1, -0.05) is 24.2 Å². The van der Waals surface area contributed by atoms with E-state index in [0.29, 0.717) is 21.9 Å². The van der Waals surface area contributed by atoms with Gasteiger partial charge in [-0.05, 0) is 40.5 Å². The number of nitrogen functional groups attached to an aromatic ring is 1. The highest BCUT2D eigenvalue weighted by atomic mass is 32.1. The summed E-state index contributed by atoms with van der Waals surface area (Å²) in [6, 6.07) is 0.364. The number of thiazole rings is 1. The number of nitrogens with zero attached hydrogens (tertiary/aromatic N) is 2. The molecule has 0 aliphatic heterocycles. The van der Waals surface area contributed by atoms with Crippen molar-refractivity contribution < 1.29 is 4.79 Å². The first-order chi connectivity index (χ1) is 9.81. The van der Waals surface area contributed by atoms with E-state index >= 15 is 0 Å². The van der Waals surface area contributed by atoms with Crippen LogP contribution in [0, 0.1) is 0 Å². The van der Waals surface area contributed by atoms with E-state index in [2.05, 4.69) is 31.1 Å². The summed E-state index contributed by atoms with van der Waals surface area (Å²) in [5, 5.41) is 3.99. The Bertz CT molecular complexity index is 500. The van der Waals surface area contributed by atoms with Gasteiger partial charge in [0.05, 0.1) is 0 Å². The summed E-state index contributed by atoms with van der Waals surface area (Å²) in [5.41, 5.74) is 5.87. The minimum absolute atomic E-state index is 0.0290. The standard InChI is InChI=1S/C15H26N4OS/c1-5-19(10-8-6-7-9-10)13(20)11-12(16)17-14(21-11)18-15(2,3)4/h10H,5-9,16H2,1-4H3,(H,17,18). The maximum atomic E-state index is 12.8. The second-order valence-corrected chi connectivity index (χ2v) is 7.64. The molecule has 1 fully saturated rings. The van der Waals surface area contributed by atoms with E-state index in [-0.39, 0.29) is 11.4 Å². The number of carbonyl (C=O) groups excluding carboxylic acids is 1. The Morgan fingerprint density at radius 2 is 2.05 bits per heavy atom. The van der Waals surface area contributed by atoms with Gasteiger partial charge < -0.3 is 16.0 Å². The van der Waals surface area contributed by atoms with Crippen LogP contribution in [0.4, 0.5) is 10.9 Å². The van der Waals surface area contributed by atoms with Crippen molar-refractivity contribution in [3.8, 4) is 0 Å². The number of nitrogens with two attached hydrogens (primary N) is 1. The molecule has 0 spiro atoms. The van der Waals surface area contributed by atoms with Crippen LogP contribution in [0.2, 0.25) is 0 Å². The topological polar surface area (TPSA) is 71.2 Å². The first-order valence-electron chi connectivity index (χ1n) is 7.67. The van der Waals surface area contributed by atoms with Crippen LogP contribution in [-0.4, -0.2) is 33.9 Å². The van der Waals surface area contributed by atoms with Gasteiger partial charge in [-0.3, -0.25) is 4.79 Å². The fraction of sp³-hybridized carbons (Fsp3) is 0.733. The summed E-state index contributed by atoms with van der Waals surface area (Å²) >= 11 is 1.36. The third-order valence-electron chi connectivity index (χ3n) is 3.70. The maximum Gasteiger partial charge on any atom is 0.268 e. The number of amides is 1. The van der Waals surface area contributed by atoms with Crippen molar-refractivity contribution in [3.63, 3.8) is 0 Å². The first-order valence-corrected chi connectivity index (χ1v) is 8.49. The number of rotatable bonds is 4. The van der Waals surface area contributed by atoms with E-state index in [0.717, 1.165) is 19.4 Å². The summed E-state index contributed by atoms with van der Waals surface area (Å²) in [6.07, 6.45) is 4.63. The Kier molecular flexibility index (Phi) is 4.76. The Morgan fingerprint density at radius 3 is 2.57 bits per heavy atom. The van der Waals surface area contributed by atoms with Gasteiger partial charge >= 0.3 is 0 Å². The number of anilines is 2. The van der Waals surface area contributed by atoms with Gasteiger partial charge in [-0.25, -0.2) is 4.98 Å². The van der Waals surface area contributed by atoms with Gasteiger partial charge in [0.2, 0.25) is 0 Å². The molecule has 118 valence electrons. The molecule has 2 rings (SSSR count). The molecule has 0 aromatic carbocycles. The van der Waals surface area contributed by atoms with Gasteiger partial charge in [-0.2, -0.15) is 0 Å². The van der Waals surface area contributed by atoms with E-state index < -0.39 is 0 Å². The summed E-state index contributed by atoms with van der Waals surface area (Å²) in [4.78, 5) is 19.6. The summed E-state index contributed by atoms with van der Waals surface area (Å²) in [5.74, 6) is 0.370. The van der Waals surface area contributed by atoms with Crippen LogP contribution in [0.1, 0.15) is 63.0 Å². The van der Waals surface area contributed by atoms with E-state index in [1.54, 1.807) is 0 Å². The Balaban J connectivity index is 2.17. The van der Waals surface area contributed by atoms with Crippen molar-refractivity contribution >= 4 is 28.2 Å². The van der Waals surface area contributed by atoms with Crippen LogP contribution in [0.3, 0.4) is 0 Å². The average Bonchev–Trinajstić information content (AvgIpc) is 2.98. The predicted octanol–water partition coefficient (Wildman–Crippen LogP) is 3.34. The lowest BCUT2D eigenvalue weighted by molar-refractivity contribution is 0.0699. The largest absolute Gasteiger partial charge is 0.382 e. The molecule has 0 atom stereocenters. The van der Waals surface area contributed by atoms with Crippen molar-refractivity contribution in [1.82, 2.24) is 9.88 Å². The van der Waals surface area contributed by atoms with E-state index in [9.17, 15) is 4.79 Å². The lowest BCUT2D eigenvalue weighted by atomic mass is 10.1. The fourth-order valence-corrected chi connectivity index (χ4v) is 3.82. The highest BCUT2D eigenvalue weighted by molar-refractivity contribution is 7.18. The minimum Gasteiger partial charge on any atom is -0.382 e. The van der Waals surface area contributed by atoms with Crippen LogP contribution < -0.4 is 11.1 Å². The number of nitrogens with one attached hydrogen (secondary N) is 1. The molecule has 1 aliphatic rings. The molecular weight excluding hydrogens is 284 g/mol. The Labute approximate surface area is 130 Å². The van der Waals surface area contributed by atoms with Crippen LogP contribution in [-0.2, 0) is 0 Å². The smallest absolute Gasteiger partial charge is 0.268 e. The number of aromatic nitrogens is 1.